The maximum Gasteiger partial charge on any atom is 0.336 e. The van der Waals surface area contributed by atoms with E-state index in [1.165, 1.54) is 12.1 Å². The van der Waals surface area contributed by atoms with Crippen LogP contribution in [0.4, 0.5) is 5.69 Å². The van der Waals surface area contributed by atoms with Gasteiger partial charge in [0.1, 0.15) is 0 Å². The van der Waals surface area contributed by atoms with Crippen molar-refractivity contribution < 1.29 is 14.7 Å². The van der Waals surface area contributed by atoms with E-state index in [4.69, 9.17) is 5.11 Å². The van der Waals surface area contributed by atoms with Gasteiger partial charge >= 0.3 is 5.97 Å². The monoisotopic (exact) mass is 333 g/mol. The van der Waals surface area contributed by atoms with E-state index < -0.39 is 11.9 Å². The number of carbonyl (C=O) groups excluding carboxylic acids is 1. The average molecular weight is 334 g/mol. The van der Waals surface area contributed by atoms with Crippen molar-refractivity contribution in [2.24, 2.45) is 0 Å². The maximum absolute atomic E-state index is 12.2. The molecule has 0 unspecified atom stereocenters. The number of anilines is 1. The minimum Gasteiger partial charge on any atom is -0.478 e. The quantitative estimate of drug-likeness (QED) is 0.899. The number of benzene rings is 2. The molecule has 0 aliphatic rings. The molecular weight excluding hydrogens is 322 g/mol. The third-order valence-corrected chi connectivity index (χ3v) is 3.16. The molecule has 0 fully saturated rings. The Labute approximate surface area is 124 Å². The van der Waals surface area contributed by atoms with Crippen LogP contribution in [0.15, 0.2) is 46.9 Å². The molecule has 0 bridgehead atoms. The van der Waals surface area contributed by atoms with E-state index >= 15 is 0 Å². The Kier molecular flexibility index (Phi) is 4.20. The van der Waals surface area contributed by atoms with Crippen LogP contribution in [-0.4, -0.2) is 17.0 Å². The summed E-state index contributed by atoms with van der Waals surface area (Å²) in [5, 5.41) is 11.8. The summed E-state index contributed by atoms with van der Waals surface area (Å²) in [6, 6.07) is 11.6. The van der Waals surface area contributed by atoms with Crippen molar-refractivity contribution in [3.05, 3.63) is 63.6 Å². The lowest BCUT2D eigenvalue weighted by Crippen LogP contribution is -2.16. The molecule has 0 saturated carbocycles. The minimum absolute atomic E-state index is 0.0169. The predicted octanol–water partition coefficient (Wildman–Crippen LogP) is 3.71. The Morgan fingerprint density at radius 3 is 2.35 bits per heavy atom. The summed E-state index contributed by atoms with van der Waals surface area (Å²) in [5.74, 6) is -1.57. The number of hydrogen-bond donors (Lipinski definition) is 2. The number of aryl methyl sites for hydroxylation is 1. The summed E-state index contributed by atoms with van der Waals surface area (Å²) in [6.07, 6.45) is 0. The van der Waals surface area contributed by atoms with E-state index in [-0.39, 0.29) is 11.1 Å². The fraction of sp³-hybridized carbons (Fsp3) is 0.0667. The van der Waals surface area contributed by atoms with Crippen LogP contribution in [0.5, 0.6) is 0 Å². The van der Waals surface area contributed by atoms with Crippen LogP contribution < -0.4 is 5.32 Å². The topological polar surface area (TPSA) is 66.4 Å². The van der Waals surface area contributed by atoms with Crippen molar-refractivity contribution >= 4 is 33.5 Å². The van der Waals surface area contributed by atoms with Gasteiger partial charge in [-0.2, -0.15) is 0 Å². The highest BCUT2D eigenvalue weighted by Gasteiger charge is 2.15. The van der Waals surface area contributed by atoms with Crippen LogP contribution in [0.25, 0.3) is 0 Å². The van der Waals surface area contributed by atoms with Gasteiger partial charge in [0.2, 0.25) is 0 Å². The molecule has 2 aromatic rings. The standard InChI is InChI=1S/C15H12BrNO3/c1-9-6-10(16)8-11(7-9)17-14(18)12-4-2-3-5-13(12)15(19)20/h2-8H,1H3,(H,17,18)(H,19,20). The SMILES string of the molecule is Cc1cc(Br)cc(NC(=O)c2ccccc2C(=O)O)c1. The second kappa shape index (κ2) is 5.88. The zero-order chi connectivity index (χ0) is 14.7. The van der Waals surface area contributed by atoms with Gasteiger partial charge in [-0.1, -0.05) is 28.1 Å². The molecule has 4 nitrogen and oxygen atoms in total. The van der Waals surface area contributed by atoms with E-state index in [0.717, 1.165) is 10.0 Å². The van der Waals surface area contributed by atoms with E-state index in [1.807, 2.05) is 19.1 Å². The molecule has 0 spiro atoms. The van der Waals surface area contributed by atoms with E-state index in [2.05, 4.69) is 21.2 Å². The lowest BCUT2D eigenvalue weighted by atomic mass is 10.1. The first-order valence-corrected chi connectivity index (χ1v) is 6.67. The van der Waals surface area contributed by atoms with Crippen LogP contribution in [0.1, 0.15) is 26.3 Å². The zero-order valence-corrected chi connectivity index (χ0v) is 12.3. The molecule has 0 saturated heterocycles. The molecule has 2 N–H and O–H groups in total. The molecule has 5 heteroatoms. The number of rotatable bonds is 3. The molecular formula is C15H12BrNO3. The molecule has 20 heavy (non-hydrogen) atoms. The third kappa shape index (κ3) is 3.24. The number of aromatic carboxylic acids is 1. The van der Waals surface area contributed by atoms with Gasteiger partial charge in [0.25, 0.3) is 5.91 Å². The second-order valence-corrected chi connectivity index (χ2v) is 5.24. The van der Waals surface area contributed by atoms with Crippen LogP contribution >= 0.6 is 15.9 Å². The fourth-order valence-corrected chi connectivity index (χ4v) is 2.48. The summed E-state index contributed by atoms with van der Waals surface area (Å²) < 4.78 is 0.847. The van der Waals surface area contributed by atoms with Gasteiger partial charge in [-0.05, 0) is 42.8 Å². The number of hydrogen-bond acceptors (Lipinski definition) is 2. The van der Waals surface area contributed by atoms with Crippen LogP contribution in [-0.2, 0) is 0 Å². The van der Waals surface area contributed by atoms with Crippen LogP contribution in [0, 0.1) is 6.92 Å². The van der Waals surface area contributed by atoms with Gasteiger partial charge < -0.3 is 10.4 Å². The van der Waals surface area contributed by atoms with Gasteiger partial charge in [-0.25, -0.2) is 4.79 Å². The summed E-state index contributed by atoms with van der Waals surface area (Å²) >= 11 is 3.35. The summed E-state index contributed by atoms with van der Waals surface area (Å²) in [4.78, 5) is 23.3. The highest BCUT2D eigenvalue weighted by atomic mass is 79.9. The smallest absolute Gasteiger partial charge is 0.336 e. The van der Waals surface area contributed by atoms with Crippen molar-refractivity contribution in [3.8, 4) is 0 Å². The van der Waals surface area contributed by atoms with Gasteiger partial charge in [0.15, 0.2) is 0 Å². The van der Waals surface area contributed by atoms with Crippen LogP contribution in [0.3, 0.4) is 0 Å². The van der Waals surface area contributed by atoms with Crippen molar-refractivity contribution in [1.82, 2.24) is 0 Å². The number of carboxylic acids is 1. The Bertz CT molecular complexity index is 662. The largest absolute Gasteiger partial charge is 0.478 e. The molecule has 2 aromatic carbocycles. The Balaban J connectivity index is 2.31. The number of carboxylic acid groups (broad SMARTS) is 1. The first-order chi connectivity index (χ1) is 9.47. The molecule has 0 atom stereocenters. The highest BCUT2D eigenvalue weighted by Crippen LogP contribution is 2.20. The Morgan fingerprint density at radius 1 is 1.10 bits per heavy atom. The lowest BCUT2D eigenvalue weighted by molar-refractivity contribution is 0.0692. The van der Waals surface area contributed by atoms with Crippen molar-refractivity contribution in [3.63, 3.8) is 0 Å². The highest BCUT2D eigenvalue weighted by molar-refractivity contribution is 9.10. The Hall–Kier alpha value is -2.14. The maximum atomic E-state index is 12.2. The van der Waals surface area contributed by atoms with E-state index in [0.29, 0.717) is 5.69 Å². The molecule has 0 radical (unpaired) electrons. The molecule has 0 aliphatic carbocycles. The van der Waals surface area contributed by atoms with Crippen molar-refractivity contribution in [2.75, 3.05) is 5.32 Å². The molecule has 2 rings (SSSR count). The third-order valence-electron chi connectivity index (χ3n) is 2.70. The summed E-state index contributed by atoms with van der Waals surface area (Å²) in [7, 11) is 0. The summed E-state index contributed by atoms with van der Waals surface area (Å²) in [5.41, 5.74) is 1.72. The van der Waals surface area contributed by atoms with Gasteiger partial charge in [-0.3, -0.25) is 4.79 Å². The van der Waals surface area contributed by atoms with E-state index in [1.54, 1.807) is 18.2 Å². The zero-order valence-electron chi connectivity index (χ0n) is 10.7. The fourth-order valence-electron chi connectivity index (χ4n) is 1.87. The average Bonchev–Trinajstić information content (AvgIpc) is 2.37. The van der Waals surface area contributed by atoms with Crippen LogP contribution in [0.2, 0.25) is 0 Å². The molecule has 102 valence electrons. The minimum atomic E-state index is -1.12. The Morgan fingerprint density at radius 2 is 1.75 bits per heavy atom. The number of carbonyl (C=O) groups is 2. The number of nitrogens with one attached hydrogen (secondary N) is 1. The van der Waals surface area contributed by atoms with E-state index in [9.17, 15) is 9.59 Å². The van der Waals surface area contributed by atoms with Gasteiger partial charge in [0.05, 0.1) is 11.1 Å². The molecule has 1 amide bonds. The van der Waals surface area contributed by atoms with Crippen molar-refractivity contribution in [1.29, 1.82) is 0 Å². The molecule has 0 aliphatic heterocycles. The molecule has 0 heterocycles. The first kappa shape index (κ1) is 14.3. The number of halogens is 1. The first-order valence-electron chi connectivity index (χ1n) is 5.88. The van der Waals surface area contributed by atoms with Crippen molar-refractivity contribution in [2.45, 2.75) is 6.92 Å². The predicted molar refractivity (Wildman–Crippen MR) is 80.2 cm³/mol. The summed E-state index contributed by atoms with van der Waals surface area (Å²) in [6.45, 7) is 1.91. The lowest BCUT2D eigenvalue weighted by Gasteiger charge is -2.09. The second-order valence-electron chi connectivity index (χ2n) is 4.32. The van der Waals surface area contributed by atoms with Gasteiger partial charge in [-0.15, -0.1) is 0 Å². The van der Waals surface area contributed by atoms with Gasteiger partial charge in [0, 0.05) is 10.2 Å². The normalized spacial score (nSPS) is 10.1. The molecule has 0 aromatic heterocycles. The number of amides is 1.